The fourth-order valence-corrected chi connectivity index (χ4v) is 1.23. The summed E-state index contributed by atoms with van der Waals surface area (Å²) in [5, 5.41) is 11.9. The third-order valence-electron chi connectivity index (χ3n) is 1.99. The molecule has 3 nitrogen and oxygen atoms in total. The lowest BCUT2D eigenvalue weighted by Crippen LogP contribution is -2.38. The van der Waals surface area contributed by atoms with E-state index in [4.69, 9.17) is 5.26 Å². The lowest BCUT2D eigenvalue weighted by Gasteiger charge is -2.19. The van der Waals surface area contributed by atoms with E-state index in [2.05, 4.69) is 30.3 Å². The molecule has 0 aromatic rings. The summed E-state index contributed by atoms with van der Waals surface area (Å²) in [6, 6.07) is 2.24. The molecule has 1 unspecified atom stereocenters. The molecular formula is C10H21N3. The Balaban J connectivity index is 3.61. The van der Waals surface area contributed by atoms with Crippen LogP contribution < -0.4 is 5.32 Å². The first-order valence-electron chi connectivity index (χ1n) is 5.06. The van der Waals surface area contributed by atoms with Gasteiger partial charge < -0.3 is 10.2 Å². The average molecular weight is 183 g/mol. The van der Waals surface area contributed by atoms with Crippen molar-refractivity contribution in [1.29, 1.82) is 5.26 Å². The molecule has 3 heteroatoms. The van der Waals surface area contributed by atoms with E-state index < -0.39 is 0 Å². The van der Waals surface area contributed by atoms with Crippen LogP contribution in [0.5, 0.6) is 0 Å². The quantitative estimate of drug-likeness (QED) is 0.645. The molecule has 0 aromatic heterocycles. The Bertz CT molecular complexity index is 151. The molecule has 0 radical (unpaired) electrons. The minimum absolute atomic E-state index is 0.0214. The molecule has 1 atom stereocenters. The van der Waals surface area contributed by atoms with Crippen LogP contribution in [0.15, 0.2) is 0 Å². The molecule has 0 heterocycles. The van der Waals surface area contributed by atoms with E-state index in [1.165, 1.54) is 12.8 Å². The van der Waals surface area contributed by atoms with E-state index in [1.807, 2.05) is 6.92 Å². The van der Waals surface area contributed by atoms with Crippen molar-refractivity contribution < 1.29 is 0 Å². The molecule has 0 rings (SSSR count). The van der Waals surface area contributed by atoms with Gasteiger partial charge in [-0.25, -0.2) is 0 Å². The SMILES string of the molecule is CCCCN(C)CC(C#N)NCC. The van der Waals surface area contributed by atoms with Crippen LogP contribution in [-0.2, 0) is 0 Å². The van der Waals surface area contributed by atoms with Gasteiger partial charge in [0.05, 0.1) is 6.07 Å². The Morgan fingerprint density at radius 2 is 2.15 bits per heavy atom. The maximum absolute atomic E-state index is 8.79. The minimum Gasteiger partial charge on any atom is -0.304 e. The maximum Gasteiger partial charge on any atom is 0.108 e. The Hall–Kier alpha value is -0.590. The van der Waals surface area contributed by atoms with Crippen molar-refractivity contribution in [1.82, 2.24) is 10.2 Å². The molecule has 1 N–H and O–H groups in total. The Morgan fingerprint density at radius 3 is 2.62 bits per heavy atom. The molecule has 13 heavy (non-hydrogen) atoms. The van der Waals surface area contributed by atoms with Crippen LogP contribution in [0.4, 0.5) is 0 Å². The zero-order chi connectivity index (χ0) is 10.1. The van der Waals surface area contributed by atoms with Crippen LogP contribution >= 0.6 is 0 Å². The van der Waals surface area contributed by atoms with Gasteiger partial charge in [-0.1, -0.05) is 20.3 Å². The van der Waals surface area contributed by atoms with Gasteiger partial charge in [0.15, 0.2) is 0 Å². The Labute approximate surface area is 81.7 Å². The van der Waals surface area contributed by atoms with Crippen LogP contribution in [0, 0.1) is 11.3 Å². The van der Waals surface area contributed by atoms with Crippen LogP contribution in [-0.4, -0.2) is 37.6 Å². The van der Waals surface area contributed by atoms with E-state index in [1.54, 1.807) is 0 Å². The van der Waals surface area contributed by atoms with Crippen molar-refractivity contribution in [2.45, 2.75) is 32.7 Å². The summed E-state index contributed by atoms with van der Waals surface area (Å²) < 4.78 is 0. The normalized spacial score (nSPS) is 12.8. The highest BCUT2D eigenvalue weighted by Crippen LogP contribution is 1.93. The molecule has 0 aliphatic heterocycles. The second kappa shape index (κ2) is 8.03. The van der Waals surface area contributed by atoms with Crippen molar-refractivity contribution in [3.05, 3.63) is 0 Å². The number of unbranched alkanes of at least 4 members (excludes halogenated alkanes) is 1. The first kappa shape index (κ1) is 12.4. The van der Waals surface area contributed by atoms with E-state index >= 15 is 0 Å². The fourth-order valence-electron chi connectivity index (χ4n) is 1.23. The molecule has 0 saturated carbocycles. The lowest BCUT2D eigenvalue weighted by atomic mass is 10.2. The Kier molecular flexibility index (Phi) is 7.66. The van der Waals surface area contributed by atoms with Crippen LogP contribution in [0.1, 0.15) is 26.7 Å². The number of rotatable bonds is 7. The predicted molar refractivity (Wildman–Crippen MR) is 55.5 cm³/mol. The van der Waals surface area contributed by atoms with Gasteiger partial charge in [0.25, 0.3) is 0 Å². The second-order valence-corrected chi connectivity index (χ2v) is 3.36. The van der Waals surface area contributed by atoms with Crippen molar-refractivity contribution in [3.63, 3.8) is 0 Å². The summed E-state index contributed by atoms with van der Waals surface area (Å²) in [5.41, 5.74) is 0. The van der Waals surface area contributed by atoms with Crippen LogP contribution in [0.3, 0.4) is 0 Å². The summed E-state index contributed by atoms with van der Waals surface area (Å²) >= 11 is 0. The zero-order valence-electron chi connectivity index (χ0n) is 9.01. The third kappa shape index (κ3) is 6.56. The van der Waals surface area contributed by atoms with Crippen molar-refractivity contribution in [2.24, 2.45) is 0 Å². The zero-order valence-corrected chi connectivity index (χ0v) is 9.01. The van der Waals surface area contributed by atoms with Crippen molar-refractivity contribution in [2.75, 3.05) is 26.7 Å². The highest BCUT2D eigenvalue weighted by Gasteiger charge is 2.07. The fraction of sp³-hybridized carbons (Fsp3) is 0.900. The van der Waals surface area contributed by atoms with E-state index in [-0.39, 0.29) is 6.04 Å². The minimum atomic E-state index is -0.0214. The number of nitriles is 1. The second-order valence-electron chi connectivity index (χ2n) is 3.36. The summed E-state index contributed by atoms with van der Waals surface area (Å²) in [6.45, 7) is 6.97. The first-order chi connectivity index (χ1) is 6.24. The molecule has 0 aliphatic carbocycles. The van der Waals surface area contributed by atoms with Gasteiger partial charge in [0.2, 0.25) is 0 Å². The van der Waals surface area contributed by atoms with Crippen LogP contribution in [0.2, 0.25) is 0 Å². The van der Waals surface area contributed by atoms with Gasteiger partial charge >= 0.3 is 0 Å². The van der Waals surface area contributed by atoms with E-state index in [9.17, 15) is 0 Å². The number of nitrogens with zero attached hydrogens (tertiary/aromatic N) is 2. The summed E-state index contributed by atoms with van der Waals surface area (Å²) in [4.78, 5) is 2.21. The van der Waals surface area contributed by atoms with Gasteiger partial charge in [0, 0.05) is 6.54 Å². The molecule has 0 fully saturated rings. The maximum atomic E-state index is 8.79. The van der Waals surface area contributed by atoms with Gasteiger partial charge in [-0.2, -0.15) is 5.26 Å². The third-order valence-corrected chi connectivity index (χ3v) is 1.99. The highest BCUT2D eigenvalue weighted by molar-refractivity contribution is 4.91. The smallest absolute Gasteiger partial charge is 0.108 e. The molecular weight excluding hydrogens is 162 g/mol. The summed E-state index contributed by atoms with van der Waals surface area (Å²) in [5.74, 6) is 0. The highest BCUT2D eigenvalue weighted by atomic mass is 15.1. The number of hydrogen-bond donors (Lipinski definition) is 1. The Morgan fingerprint density at radius 1 is 1.46 bits per heavy atom. The topological polar surface area (TPSA) is 39.1 Å². The van der Waals surface area contributed by atoms with E-state index in [0.29, 0.717) is 0 Å². The summed E-state index contributed by atoms with van der Waals surface area (Å²) in [7, 11) is 2.07. The number of likely N-dealkylation sites (N-methyl/N-ethyl adjacent to an activating group) is 2. The molecule has 0 aliphatic rings. The molecule has 0 saturated heterocycles. The molecule has 0 amide bonds. The number of nitrogens with one attached hydrogen (secondary N) is 1. The van der Waals surface area contributed by atoms with Crippen molar-refractivity contribution >= 4 is 0 Å². The molecule has 76 valence electrons. The van der Waals surface area contributed by atoms with Gasteiger partial charge in [0.1, 0.15) is 6.04 Å². The van der Waals surface area contributed by atoms with E-state index in [0.717, 1.165) is 19.6 Å². The van der Waals surface area contributed by atoms with Crippen LogP contribution in [0.25, 0.3) is 0 Å². The van der Waals surface area contributed by atoms with Gasteiger partial charge in [-0.3, -0.25) is 0 Å². The largest absolute Gasteiger partial charge is 0.304 e. The standard InChI is InChI=1S/C10H21N3/c1-4-6-7-13(3)9-10(8-11)12-5-2/h10,12H,4-7,9H2,1-3H3. The monoisotopic (exact) mass is 183 g/mol. The average Bonchev–Trinajstić information content (AvgIpc) is 2.14. The first-order valence-corrected chi connectivity index (χ1v) is 5.06. The summed E-state index contributed by atoms with van der Waals surface area (Å²) in [6.07, 6.45) is 2.42. The predicted octanol–water partition coefficient (Wildman–Crippen LogP) is 1.22. The number of hydrogen-bond acceptors (Lipinski definition) is 3. The van der Waals surface area contributed by atoms with Gasteiger partial charge in [-0.05, 0) is 26.6 Å². The molecule has 0 aromatic carbocycles. The molecule has 0 spiro atoms. The van der Waals surface area contributed by atoms with Crippen molar-refractivity contribution in [3.8, 4) is 6.07 Å². The van der Waals surface area contributed by atoms with Gasteiger partial charge in [-0.15, -0.1) is 0 Å². The lowest BCUT2D eigenvalue weighted by molar-refractivity contribution is 0.307. The molecule has 0 bridgehead atoms.